The molecule has 2 aromatic carbocycles. The first-order valence-corrected chi connectivity index (χ1v) is 11.2. The monoisotopic (exact) mass is 448 g/mol. The zero-order chi connectivity index (χ0) is 23.8. The molecule has 0 atom stereocenters. The summed E-state index contributed by atoms with van der Waals surface area (Å²) in [4.78, 5) is 28.1. The van der Waals surface area contributed by atoms with Crippen LogP contribution in [0.1, 0.15) is 59.9 Å². The molecule has 1 aromatic heterocycles. The van der Waals surface area contributed by atoms with Crippen LogP contribution in [0.15, 0.2) is 48.7 Å². The molecule has 1 N–H and O–H groups in total. The zero-order valence-corrected chi connectivity index (χ0v) is 19.5. The topological polar surface area (TPSA) is 67.2 Å². The Balaban J connectivity index is 1.67. The lowest BCUT2D eigenvalue weighted by Gasteiger charge is -2.23. The van der Waals surface area contributed by atoms with Gasteiger partial charge in [-0.1, -0.05) is 6.07 Å². The highest BCUT2D eigenvalue weighted by Gasteiger charge is 2.26. The molecule has 33 heavy (non-hydrogen) atoms. The summed E-state index contributed by atoms with van der Waals surface area (Å²) in [5.74, 6) is -0.691. The Morgan fingerprint density at radius 3 is 2.30 bits per heavy atom. The van der Waals surface area contributed by atoms with Crippen molar-refractivity contribution in [2.45, 2.75) is 46.1 Å². The number of rotatable bonds is 4. The molecule has 1 saturated heterocycles. The molecule has 6 nitrogen and oxygen atoms in total. The third-order valence-electron chi connectivity index (χ3n) is 5.89. The van der Waals surface area contributed by atoms with Crippen molar-refractivity contribution in [3.05, 3.63) is 71.2 Å². The van der Waals surface area contributed by atoms with Crippen molar-refractivity contribution in [3.63, 3.8) is 0 Å². The van der Waals surface area contributed by atoms with E-state index in [2.05, 4.69) is 10.4 Å². The molecule has 1 aliphatic heterocycles. The fraction of sp³-hybridized carbons (Fsp3) is 0.346. The van der Waals surface area contributed by atoms with Gasteiger partial charge in [0.1, 0.15) is 5.82 Å². The Kier molecular flexibility index (Phi) is 6.06. The molecule has 2 amide bonds. The standard InChI is InChI=1S/C26H29FN4O2/c1-17-7-12-20(15-21(17)25(33)30-13-5-6-14-30)29-24(32)22-16-28-31(26(2,3)4)23(22)18-8-10-19(27)11-9-18/h7-12,15-16H,5-6,13-14H2,1-4H3,(H,29,32). The number of carbonyl (C=O) groups is 2. The van der Waals surface area contributed by atoms with Crippen molar-refractivity contribution < 1.29 is 14.0 Å². The van der Waals surface area contributed by atoms with Crippen molar-refractivity contribution in [3.8, 4) is 11.3 Å². The maximum atomic E-state index is 13.5. The second-order valence-electron chi connectivity index (χ2n) is 9.48. The quantitative estimate of drug-likeness (QED) is 0.593. The molecule has 1 aliphatic rings. The second kappa shape index (κ2) is 8.81. The van der Waals surface area contributed by atoms with Gasteiger partial charge in [-0.3, -0.25) is 14.3 Å². The van der Waals surface area contributed by atoms with Gasteiger partial charge in [0.05, 0.1) is 23.0 Å². The van der Waals surface area contributed by atoms with Gasteiger partial charge in [0.2, 0.25) is 0 Å². The number of amides is 2. The van der Waals surface area contributed by atoms with E-state index in [1.807, 2.05) is 38.7 Å². The molecule has 0 aliphatic carbocycles. The van der Waals surface area contributed by atoms with Crippen LogP contribution >= 0.6 is 0 Å². The highest BCUT2D eigenvalue weighted by Crippen LogP contribution is 2.30. The van der Waals surface area contributed by atoms with E-state index in [4.69, 9.17) is 0 Å². The van der Waals surface area contributed by atoms with Gasteiger partial charge in [0.15, 0.2) is 0 Å². The third kappa shape index (κ3) is 4.67. The summed E-state index contributed by atoms with van der Waals surface area (Å²) in [5.41, 5.74) is 3.31. The second-order valence-corrected chi connectivity index (χ2v) is 9.48. The molecule has 4 rings (SSSR count). The van der Waals surface area contributed by atoms with Gasteiger partial charge in [-0.15, -0.1) is 0 Å². The smallest absolute Gasteiger partial charge is 0.259 e. The first-order valence-electron chi connectivity index (χ1n) is 11.2. The Morgan fingerprint density at radius 2 is 1.67 bits per heavy atom. The Hall–Kier alpha value is -3.48. The summed E-state index contributed by atoms with van der Waals surface area (Å²) in [5, 5.41) is 7.38. The highest BCUT2D eigenvalue weighted by molar-refractivity contribution is 6.08. The van der Waals surface area contributed by atoms with Crippen LogP contribution in [0.2, 0.25) is 0 Å². The van der Waals surface area contributed by atoms with E-state index >= 15 is 0 Å². The molecule has 2 heterocycles. The Morgan fingerprint density at radius 1 is 1.00 bits per heavy atom. The molecule has 1 fully saturated rings. The van der Waals surface area contributed by atoms with Crippen LogP contribution in [0.3, 0.4) is 0 Å². The number of halogens is 1. The average Bonchev–Trinajstić information content (AvgIpc) is 3.45. The van der Waals surface area contributed by atoms with Gasteiger partial charge < -0.3 is 10.2 Å². The molecule has 0 bridgehead atoms. The summed E-state index contributed by atoms with van der Waals surface area (Å²) in [6.45, 7) is 9.40. The Bertz CT molecular complexity index is 1190. The molecule has 0 unspecified atom stereocenters. The number of likely N-dealkylation sites (tertiary alicyclic amines) is 1. The number of carbonyl (C=O) groups excluding carboxylic acids is 2. The van der Waals surface area contributed by atoms with Gasteiger partial charge in [0, 0.05) is 29.9 Å². The van der Waals surface area contributed by atoms with Crippen molar-refractivity contribution in [2.75, 3.05) is 18.4 Å². The number of nitrogens with one attached hydrogen (secondary N) is 1. The van der Waals surface area contributed by atoms with E-state index in [1.165, 1.54) is 18.3 Å². The molecule has 7 heteroatoms. The van der Waals surface area contributed by atoms with Crippen LogP contribution in [0, 0.1) is 12.7 Å². The lowest BCUT2D eigenvalue weighted by atomic mass is 10.0. The predicted molar refractivity (Wildman–Crippen MR) is 127 cm³/mol. The number of nitrogens with zero attached hydrogens (tertiary/aromatic N) is 3. The third-order valence-corrected chi connectivity index (χ3v) is 5.89. The molecular formula is C26H29FN4O2. The van der Waals surface area contributed by atoms with E-state index in [9.17, 15) is 14.0 Å². The minimum absolute atomic E-state index is 0.00588. The lowest BCUT2D eigenvalue weighted by Crippen LogP contribution is -2.28. The maximum absolute atomic E-state index is 13.5. The van der Waals surface area contributed by atoms with Gasteiger partial charge in [0.25, 0.3) is 11.8 Å². The van der Waals surface area contributed by atoms with Crippen LogP contribution in [0.25, 0.3) is 11.3 Å². The summed E-state index contributed by atoms with van der Waals surface area (Å²) in [6.07, 6.45) is 3.57. The number of hydrogen-bond donors (Lipinski definition) is 1. The van der Waals surface area contributed by atoms with Gasteiger partial charge in [-0.25, -0.2) is 4.39 Å². The van der Waals surface area contributed by atoms with Gasteiger partial charge in [-0.05, 0) is 82.5 Å². The average molecular weight is 449 g/mol. The first kappa shape index (κ1) is 22.7. The van der Waals surface area contributed by atoms with E-state index < -0.39 is 0 Å². The number of aromatic nitrogens is 2. The molecule has 172 valence electrons. The van der Waals surface area contributed by atoms with Crippen LogP contribution < -0.4 is 5.32 Å². The maximum Gasteiger partial charge on any atom is 0.259 e. The summed E-state index contributed by atoms with van der Waals surface area (Å²) >= 11 is 0. The minimum atomic E-state index is -0.387. The normalized spacial score (nSPS) is 13.9. The molecule has 0 spiro atoms. The van der Waals surface area contributed by atoms with Crippen LogP contribution in [-0.4, -0.2) is 39.6 Å². The molecule has 0 saturated carbocycles. The SMILES string of the molecule is Cc1ccc(NC(=O)c2cnn(C(C)(C)C)c2-c2ccc(F)cc2)cc1C(=O)N1CCCC1. The summed E-state index contributed by atoms with van der Waals surface area (Å²) in [6, 6.07) is 11.4. The molecular weight excluding hydrogens is 419 g/mol. The minimum Gasteiger partial charge on any atom is -0.339 e. The first-order chi connectivity index (χ1) is 15.6. The number of hydrogen-bond acceptors (Lipinski definition) is 3. The van der Waals surface area contributed by atoms with Crippen LogP contribution in [0.5, 0.6) is 0 Å². The number of aryl methyl sites for hydroxylation is 1. The largest absolute Gasteiger partial charge is 0.339 e. The van der Waals surface area contributed by atoms with Crippen molar-refractivity contribution in [2.24, 2.45) is 0 Å². The van der Waals surface area contributed by atoms with Gasteiger partial charge >= 0.3 is 0 Å². The van der Waals surface area contributed by atoms with Crippen molar-refractivity contribution in [1.29, 1.82) is 0 Å². The fourth-order valence-electron chi connectivity index (χ4n) is 4.13. The van der Waals surface area contributed by atoms with E-state index in [1.54, 1.807) is 28.9 Å². The van der Waals surface area contributed by atoms with Crippen molar-refractivity contribution >= 4 is 17.5 Å². The highest BCUT2D eigenvalue weighted by atomic mass is 19.1. The lowest BCUT2D eigenvalue weighted by molar-refractivity contribution is 0.0791. The summed E-state index contributed by atoms with van der Waals surface area (Å²) < 4.78 is 15.3. The zero-order valence-electron chi connectivity index (χ0n) is 19.5. The van der Waals surface area contributed by atoms with E-state index in [0.717, 1.165) is 31.5 Å². The van der Waals surface area contributed by atoms with Crippen LogP contribution in [0.4, 0.5) is 10.1 Å². The summed E-state index contributed by atoms with van der Waals surface area (Å²) in [7, 11) is 0. The number of benzene rings is 2. The van der Waals surface area contributed by atoms with E-state index in [-0.39, 0.29) is 23.2 Å². The molecule has 3 aromatic rings. The molecule has 0 radical (unpaired) electrons. The number of anilines is 1. The fourth-order valence-corrected chi connectivity index (χ4v) is 4.13. The van der Waals surface area contributed by atoms with Crippen LogP contribution in [-0.2, 0) is 5.54 Å². The predicted octanol–water partition coefficient (Wildman–Crippen LogP) is 5.24. The van der Waals surface area contributed by atoms with Crippen molar-refractivity contribution in [1.82, 2.24) is 14.7 Å². The van der Waals surface area contributed by atoms with E-state index in [0.29, 0.717) is 28.1 Å². The van der Waals surface area contributed by atoms with Gasteiger partial charge in [-0.2, -0.15) is 5.10 Å². The Labute approximate surface area is 193 Å².